The lowest BCUT2D eigenvalue weighted by atomic mass is 10.1. The quantitative estimate of drug-likeness (QED) is 0.812. The Bertz CT molecular complexity index is 683. The van der Waals surface area contributed by atoms with Crippen LogP contribution in [0.4, 0.5) is 5.69 Å². The van der Waals surface area contributed by atoms with Gasteiger partial charge in [0.05, 0.1) is 4.99 Å². The fourth-order valence-corrected chi connectivity index (χ4v) is 2.49. The number of hydrogen-bond donors (Lipinski definition) is 2. The summed E-state index contributed by atoms with van der Waals surface area (Å²) in [5.41, 5.74) is 8.84. The molecule has 0 saturated carbocycles. The minimum atomic E-state index is -0.129. The van der Waals surface area contributed by atoms with Crippen molar-refractivity contribution in [1.29, 1.82) is 0 Å². The zero-order chi connectivity index (χ0) is 15.4. The molecule has 0 saturated heterocycles. The highest BCUT2D eigenvalue weighted by molar-refractivity contribution is 9.10. The van der Waals surface area contributed by atoms with Crippen LogP contribution in [0.3, 0.4) is 0 Å². The van der Waals surface area contributed by atoms with Gasteiger partial charge in [-0.1, -0.05) is 46.3 Å². The third-order valence-electron chi connectivity index (χ3n) is 3.10. The number of carbonyl (C=O) groups is 1. The van der Waals surface area contributed by atoms with E-state index in [4.69, 9.17) is 18.0 Å². The van der Waals surface area contributed by atoms with Gasteiger partial charge in [-0.2, -0.15) is 0 Å². The zero-order valence-electron chi connectivity index (χ0n) is 11.5. The molecule has 108 valence electrons. The average molecular weight is 363 g/mol. The number of carbonyl (C=O) groups excluding carboxylic acids is 1. The molecule has 0 spiro atoms. The SMILES string of the molecule is Cc1c(Br)cccc1C(=O)Nc1ccc(CC(N)=S)cc1. The van der Waals surface area contributed by atoms with Crippen LogP contribution in [0.2, 0.25) is 0 Å². The number of halogens is 1. The summed E-state index contributed by atoms with van der Waals surface area (Å²) >= 11 is 8.30. The summed E-state index contributed by atoms with van der Waals surface area (Å²) in [7, 11) is 0. The van der Waals surface area contributed by atoms with Crippen molar-refractivity contribution >= 4 is 44.7 Å². The van der Waals surface area contributed by atoms with Crippen molar-refractivity contribution in [2.24, 2.45) is 5.73 Å². The van der Waals surface area contributed by atoms with E-state index in [2.05, 4.69) is 21.2 Å². The monoisotopic (exact) mass is 362 g/mol. The molecule has 5 heteroatoms. The Labute approximate surface area is 137 Å². The number of hydrogen-bond acceptors (Lipinski definition) is 2. The molecule has 0 atom stereocenters. The summed E-state index contributed by atoms with van der Waals surface area (Å²) in [4.78, 5) is 12.7. The van der Waals surface area contributed by atoms with Crippen molar-refractivity contribution in [2.45, 2.75) is 13.3 Å². The molecule has 0 radical (unpaired) electrons. The van der Waals surface area contributed by atoms with Gasteiger partial charge in [-0.3, -0.25) is 4.79 Å². The number of thiocarbonyl (C=S) groups is 1. The van der Waals surface area contributed by atoms with E-state index >= 15 is 0 Å². The highest BCUT2D eigenvalue weighted by Crippen LogP contribution is 2.20. The van der Waals surface area contributed by atoms with Crippen LogP contribution in [-0.2, 0) is 6.42 Å². The zero-order valence-corrected chi connectivity index (χ0v) is 13.9. The van der Waals surface area contributed by atoms with Gasteiger partial charge in [0.25, 0.3) is 5.91 Å². The van der Waals surface area contributed by atoms with Crippen molar-refractivity contribution in [2.75, 3.05) is 5.32 Å². The van der Waals surface area contributed by atoms with Crippen LogP contribution in [0.15, 0.2) is 46.9 Å². The number of rotatable bonds is 4. The predicted molar refractivity (Wildman–Crippen MR) is 93.8 cm³/mol. The first-order valence-corrected chi connectivity index (χ1v) is 7.61. The summed E-state index contributed by atoms with van der Waals surface area (Å²) in [6, 6.07) is 13.1. The highest BCUT2D eigenvalue weighted by atomic mass is 79.9. The van der Waals surface area contributed by atoms with Gasteiger partial charge in [-0.15, -0.1) is 0 Å². The Morgan fingerprint density at radius 2 is 1.90 bits per heavy atom. The number of benzene rings is 2. The van der Waals surface area contributed by atoms with Crippen molar-refractivity contribution in [3.63, 3.8) is 0 Å². The molecule has 0 heterocycles. The Morgan fingerprint density at radius 1 is 1.24 bits per heavy atom. The summed E-state index contributed by atoms with van der Waals surface area (Å²) in [5, 5.41) is 2.88. The third kappa shape index (κ3) is 4.12. The standard InChI is InChI=1S/C16H15BrN2OS/c1-10-13(3-2-4-14(10)17)16(20)19-12-7-5-11(6-8-12)9-15(18)21/h2-8H,9H2,1H3,(H2,18,21)(H,19,20). The van der Waals surface area contributed by atoms with Gasteiger partial charge in [-0.25, -0.2) is 0 Å². The van der Waals surface area contributed by atoms with Crippen molar-refractivity contribution in [1.82, 2.24) is 0 Å². The Morgan fingerprint density at radius 3 is 2.52 bits per heavy atom. The van der Waals surface area contributed by atoms with Crippen LogP contribution in [0.25, 0.3) is 0 Å². The van der Waals surface area contributed by atoms with Gasteiger partial charge in [-0.05, 0) is 42.3 Å². The van der Waals surface area contributed by atoms with Crippen LogP contribution in [0, 0.1) is 6.92 Å². The highest BCUT2D eigenvalue weighted by Gasteiger charge is 2.10. The third-order valence-corrected chi connectivity index (χ3v) is 4.11. The molecular formula is C16H15BrN2OS. The number of anilines is 1. The largest absolute Gasteiger partial charge is 0.393 e. The van der Waals surface area contributed by atoms with Gasteiger partial charge in [0.2, 0.25) is 0 Å². The molecule has 0 aliphatic rings. The first kappa shape index (κ1) is 15.7. The van der Waals surface area contributed by atoms with Crippen LogP contribution >= 0.6 is 28.1 Å². The Hall–Kier alpha value is -1.72. The number of nitrogens with two attached hydrogens (primary N) is 1. The molecule has 2 rings (SSSR count). The fourth-order valence-electron chi connectivity index (χ4n) is 1.96. The molecule has 0 fully saturated rings. The first-order chi connectivity index (χ1) is 9.97. The lowest BCUT2D eigenvalue weighted by molar-refractivity contribution is 0.102. The Kier molecular flexibility index (Phi) is 5.09. The average Bonchev–Trinajstić information content (AvgIpc) is 2.43. The molecule has 3 N–H and O–H groups in total. The van der Waals surface area contributed by atoms with E-state index in [0.717, 1.165) is 21.3 Å². The molecule has 1 amide bonds. The molecule has 0 unspecified atom stereocenters. The molecule has 2 aromatic rings. The van der Waals surface area contributed by atoms with Gasteiger partial charge in [0.1, 0.15) is 0 Å². The smallest absolute Gasteiger partial charge is 0.255 e. The lowest BCUT2D eigenvalue weighted by Gasteiger charge is -2.09. The first-order valence-electron chi connectivity index (χ1n) is 6.41. The molecule has 0 aliphatic heterocycles. The summed E-state index contributed by atoms with van der Waals surface area (Å²) in [5.74, 6) is -0.129. The Balaban J connectivity index is 2.12. The maximum Gasteiger partial charge on any atom is 0.255 e. The topological polar surface area (TPSA) is 55.1 Å². The predicted octanol–water partition coefficient (Wildman–Crippen LogP) is 3.84. The fraction of sp³-hybridized carbons (Fsp3) is 0.125. The molecule has 0 bridgehead atoms. The molecule has 0 aliphatic carbocycles. The number of nitrogens with one attached hydrogen (secondary N) is 1. The molecule has 2 aromatic carbocycles. The summed E-state index contributed by atoms with van der Waals surface area (Å²) in [6.07, 6.45) is 0.564. The van der Waals surface area contributed by atoms with Crippen molar-refractivity contribution in [3.05, 3.63) is 63.6 Å². The van der Waals surface area contributed by atoms with Gasteiger partial charge in [0.15, 0.2) is 0 Å². The molecular weight excluding hydrogens is 348 g/mol. The van der Waals surface area contributed by atoms with Crippen LogP contribution < -0.4 is 11.1 Å². The van der Waals surface area contributed by atoms with Gasteiger partial charge in [0, 0.05) is 22.1 Å². The van der Waals surface area contributed by atoms with E-state index in [1.807, 2.05) is 43.3 Å². The van der Waals surface area contributed by atoms with Crippen LogP contribution in [0.5, 0.6) is 0 Å². The van der Waals surface area contributed by atoms with E-state index in [0.29, 0.717) is 17.0 Å². The van der Waals surface area contributed by atoms with E-state index in [-0.39, 0.29) is 5.91 Å². The molecule has 0 aromatic heterocycles. The molecule has 21 heavy (non-hydrogen) atoms. The van der Waals surface area contributed by atoms with E-state index < -0.39 is 0 Å². The molecule has 3 nitrogen and oxygen atoms in total. The van der Waals surface area contributed by atoms with E-state index in [1.165, 1.54) is 0 Å². The normalized spacial score (nSPS) is 10.2. The minimum absolute atomic E-state index is 0.129. The minimum Gasteiger partial charge on any atom is -0.393 e. The maximum absolute atomic E-state index is 12.3. The second-order valence-electron chi connectivity index (χ2n) is 4.71. The summed E-state index contributed by atoms with van der Waals surface area (Å²) in [6.45, 7) is 1.91. The van der Waals surface area contributed by atoms with Crippen LogP contribution in [0.1, 0.15) is 21.5 Å². The van der Waals surface area contributed by atoms with Gasteiger partial charge < -0.3 is 11.1 Å². The number of amides is 1. The van der Waals surface area contributed by atoms with E-state index in [1.54, 1.807) is 6.07 Å². The lowest BCUT2D eigenvalue weighted by Crippen LogP contribution is -2.14. The summed E-state index contributed by atoms with van der Waals surface area (Å²) < 4.78 is 0.918. The van der Waals surface area contributed by atoms with Crippen molar-refractivity contribution in [3.8, 4) is 0 Å². The second kappa shape index (κ2) is 6.83. The van der Waals surface area contributed by atoms with Gasteiger partial charge >= 0.3 is 0 Å². The van der Waals surface area contributed by atoms with Crippen LogP contribution in [-0.4, -0.2) is 10.9 Å². The van der Waals surface area contributed by atoms with Crippen molar-refractivity contribution < 1.29 is 4.79 Å². The second-order valence-corrected chi connectivity index (χ2v) is 6.09. The maximum atomic E-state index is 12.3. The van der Waals surface area contributed by atoms with E-state index in [9.17, 15) is 4.79 Å².